The maximum absolute atomic E-state index is 13.5. The van der Waals surface area contributed by atoms with E-state index in [1.54, 1.807) is 0 Å². The van der Waals surface area contributed by atoms with Crippen LogP contribution < -0.4 is 0 Å². The topological polar surface area (TPSA) is 76.1 Å². The fourth-order valence-corrected chi connectivity index (χ4v) is 9.71. The summed E-state index contributed by atoms with van der Waals surface area (Å²) in [5.41, 5.74) is 0. The summed E-state index contributed by atoms with van der Waals surface area (Å²) >= 11 is 2.04. The summed E-state index contributed by atoms with van der Waals surface area (Å²) in [6.07, 6.45) is 41.4. The average molecular weight is 879 g/mol. The van der Waals surface area contributed by atoms with Crippen molar-refractivity contribution in [2.45, 2.75) is 277 Å². The van der Waals surface area contributed by atoms with Crippen molar-refractivity contribution in [3.63, 3.8) is 0 Å². The molecule has 1 heterocycles. The summed E-state index contributed by atoms with van der Waals surface area (Å²) in [5, 5.41) is 0. The van der Waals surface area contributed by atoms with Gasteiger partial charge in [0.05, 0.1) is 0 Å². The van der Waals surface area contributed by atoms with Crippen molar-refractivity contribution in [2.75, 3.05) is 44.2 Å². The van der Waals surface area contributed by atoms with E-state index >= 15 is 0 Å². The molecule has 0 aromatic carbocycles. The molecule has 1 aliphatic heterocycles. The number of hydrogen-bond donors (Lipinski definition) is 0. The van der Waals surface area contributed by atoms with Crippen LogP contribution in [0.3, 0.4) is 0 Å². The first-order valence-corrected chi connectivity index (χ1v) is 28.1. The first kappa shape index (κ1) is 57.7. The van der Waals surface area contributed by atoms with E-state index in [1.165, 1.54) is 127 Å². The molecule has 1 amide bonds. The lowest BCUT2D eigenvalue weighted by molar-refractivity contribution is -0.150. The Kier molecular flexibility index (Phi) is 41.6. The summed E-state index contributed by atoms with van der Waals surface area (Å²) in [4.78, 5) is 43.5. The van der Waals surface area contributed by atoms with Crippen molar-refractivity contribution in [1.82, 2.24) is 9.80 Å². The van der Waals surface area contributed by atoms with Crippen LogP contribution in [0.25, 0.3) is 0 Å². The maximum atomic E-state index is 13.5. The first-order valence-electron chi connectivity index (χ1n) is 26.9. The number of ether oxygens (including phenoxy) is 2. The zero-order valence-corrected chi connectivity index (χ0v) is 41.9. The minimum atomic E-state index is -0.0284. The lowest BCUT2D eigenvalue weighted by Crippen LogP contribution is -2.35. The lowest BCUT2D eigenvalue weighted by Gasteiger charge is -2.27. The van der Waals surface area contributed by atoms with E-state index in [1.807, 2.05) is 11.8 Å². The van der Waals surface area contributed by atoms with E-state index in [4.69, 9.17) is 9.47 Å². The molecule has 1 fully saturated rings. The van der Waals surface area contributed by atoms with E-state index in [-0.39, 0.29) is 24.1 Å². The van der Waals surface area contributed by atoms with Crippen LogP contribution in [0, 0.1) is 0 Å². The van der Waals surface area contributed by atoms with Crippen molar-refractivity contribution < 1.29 is 23.9 Å². The third kappa shape index (κ3) is 36.7. The smallest absolute Gasteiger partial charge is 0.306 e. The van der Waals surface area contributed by atoms with Gasteiger partial charge in [-0.05, 0) is 83.6 Å². The summed E-state index contributed by atoms with van der Waals surface area (Å²) in [5.74, 6) is 2.71. The molecule has 8 heteroatoms. The molecule has 0 aromatic heterocycles. The van der Waals surface area contributed by atoms with Crippen molar-refractivity contribution >= 4 is 29.6 Å². The third-order valence-corrected chi connectivity index (χ3v) is 13.8. The Bertz CT molecular complexity index is 992. The Hall–Kier alpha value is -1.28. The SMILES string of the molecule is CCCCCCCCCC(CCCCCCCC)OC(=O)CCCCCCCN(CCCCCCCC(=O)OC(CC)CCCCCCCC)C(=O)CCCN1CCSCC1. The van der Waals surface area contributed by atoms with E-state index < -0.39 is 0 Å². The third-order valence-electron chi connectivity index (χ3n) is 12.9. The predicted octanol–water partition coefficient (Wildman–Crippen LogP) is 15.2. The molecule has 1 saturated heterocycles. The van der Waals surface area contributed by atoms with Gasteiger partial charge in [0.2, 0.25) is 5.91 Å². The van der Waals surface area contributed by atoms with Crippen molar-refractivity contribution in [3.05, 3.63) is 0 Å². The zero-order chi connectivity index (χ0) is 44.3. The van der Waals surface area contributed by atoms with Gasteiger partial charge in [-0.2, -0.15) is 11.8 Å². The minimum absolute atomic E-state index is 0.00266. The number of unbranched alkanes of at least 4 members (excludes halogenated alkanes) is 24. The summed E-state index contributed by atoms with van der Waals surface area (Å²) in [7, 11) is 0. The van der Waals surface area contributed by atoms with Crippen LogP contribution in [-0.4, -0.2) is 84.1 Å². The van der Waals surface area contributed by atoms with Gasteiger partial charge in [-0.15, -0.1) is 0 Å². The largest absolute Gasteiger partial charge is 0.462 e. The molecule has 2 atom stereocenters. The molecule has 2 unspecified atom stereocenters. The highest BCUT2D eigenvalue weighted by atomic mass is 32.2. The van der Waals surface area contributed by atoms with E-state index in [2.05, 4.69) is 37.5 Å². The maximum Gasteiger partial charge on any atom is 0.306 e. The second-order valence-corrected chi connectivity index (χ2v) is 19.9. The number of thioether (sulfide) groups is 1. The monoisotopic (exact) mass is 879 g/mol. The molecule has 360 valence electrons. The number of rotatable bonds is 45. The summed E-state index contributed by atoms with van der Waals surface area (Å²) < 4.78 is 11.9. The van der Waals surface area contributed by atoms with Gasteiger partial charge < -0.3 is 19.3 Å². The Labute approximate surface area is 383 Å². The predicted molar refractivity (Wildman–Crippen MR) is 264 cm³/mol. The van der Waals surface area contributed by atoms with E-state index in [0.717, 1.165) is 135 Å². The second-order valence-electron chi connectivity index (χ2n) is 18.6. The number of carbonyl (C=O) groups excluding carboxylic acids is 3. The molecule has 0 saturated carbocycles. The minimum Gasteiger partial charge on any atom is -0.462 e. The first-order chi connectivity index (χ1) is 29.9. The van der Waals surface area contributed by atoms with Crippen LogP contribution >= 0.6 is 11.8 Å². The van der Waals surface area contributed by atoms with E-state index in [9.17, 15) is 14.4 Å². The van der Waals surface area contributed by atoms with Crippen molar-refractivity contribution in [1.29, 1.82) is 0 Å². The number of carbonyl (C=O) groups is 3. The van der Waals surface area contributed by atoms with Crippen LogP contribution in [0.15, 0.2) is 0 Å². The Morgan fingerprint density at radius 3 is 1.28 bits per heavy atom. The highest BCUT2D eigenvalue weighted by molar-refractivity contribution is 7.99. The molecular formula is C53H102N2O5S. The molecule has 0 spiro atoms. The Balaban J connectivity index is 2.39. The van der Waals surface area contributed by atoms with Gasteiger partial charge in [0, 0.05) is 56.9 Å². The van der Waals surface area contributed by atoms with Crippen molar-refractivity contribution in [2.24, 2.45) is 0 Å². The van der Waals surface area contributed by atoms with Crippen molar-refractivity contribution in [3.8, 4) is 0 Å². The van der Waals surface area contributed by atoms with Crippen LogP contribution in [0.2, 0.25) is 0 Å². The quantitative estimate of drug-likeness (QED) is 0.0445. The van der Waals surface area contributed by atoms with Gasteiger partial charge in [-0.1, -0.05) is 169 Å². The van der Waals surface area contributed by atoms with E-state index in [0.29, 0.717) is 25.2 Å². The van der Waals surface area contributed by atoms with Gasteiger partial charge >= 0.3 is 11.9 Å². The van der Waals surface area contributed by atoms with Crippen LogP contribution in [0.4, 0.5) is 0 Å². The molecule has 7 nitrogen and oxygen atoms in total. The summed E-state index contributed by atoms with van der Waals surface area (Å²) in [6.45, 7) is 13.9. The number of nitrogens with zero attached hydrogens (tertiary/aromatic N) is 2. The summed E-state index contributed by atoms with van der Waals surface area (Å²) in [6, 6.07) is 0. The molecule has 0 N–H and O–H groups in total. The molecule has 0 bridgehead atoms. The molecule has 0 aromatic rings. The van der Waals surface area contributed by atoms with Gasteiger partial charge in [0.25, 0.3) is 0 Å². The van der Waals surface area contributed by atoms with Crippen LogP contribution in [-0.2, 0) is 23.9 Å². The van der Waals surface area contributed by atoms with Crippen LogP contribution in [0.1, 0.15) is 265 Å². The molecule has 0 aliphatic carbocycles. The standard InChI is InChI=1S/C53H102N2O5S/c1-5-9-12-15-18-23-30-38-50(37-29-22-17-14-11-7-3)60-53(58)41-32-25-20-27-34-44-55(51(56)39-35-42-54-45-47-61-48-46-54)43-33-26-19-24-31-40-52(57)59-49(8-4)36-28-21-16-13-10-6-2/h49-50H,5-48H2,1-4H3. The fraction of sp³-hybridized carbons (Fsp3) is 0.943. The normalized spacial score (nSPS) is 14.2. The van der Waals surface area contributed by atoms with Gasteiger partial charge in [0.15, 0.2) is 0 Å². The number of amides is 1. The zero-order valence-electron chi connectivity index (χ0n) is 41.1. The number of esters is 2. The second kappa shape index (κ2) is 43.9. The molecule has 1 rings (SSSR count). The Morgan fingerprint density at radius 2 is 0.836 bits per heavy atom. The average Bonchev–Trinajstić information content (AvgIpc) is 3.26. The molecule has 1 aliphatic rings. The Morgan fingerprint density at radius 1 is 0.459 bits per heavy atom. The van der Waals surface area contributed by atoms with Crippen LogP contribution in [0.5, 0.6) is 0 Å². The fourth-order valence-electron chi connectivity index (χ4n) is 8.73. The van der Waals surface area contributed by atoms with Gasteiger partial charge in [-0.3, -0.25) is 14.4 Å². The highest BCUT2D eigenvalue weighted by Crippen LogP contribution is 2.20. The number of hydrogen-bond acceptors (Lipinski definition) is 7. The highest BCUT2D eigenvalue weighted by Gasteiger charge is 2.17. The lowest BCUT2D eigenvalue weighted by atomic mass is 10.0. The molecule has 0 radical (unpaired) electrons. The molecular weight excluding hydrogens is 777 g/mol. The van der Waals surface area contributed by atoms with Gasteiger partial charge in [0.1, 0.15) is 12.2 Å². The van der Waals surface area contributed by atoms with Gasteiger partial charge in [-0.25, -0.2) is 0 Å². The molecule has 61 heavy (non-hydrogen) atoms.